The molecule has 0 amide bonds. The molecule has 20 heavy (non-hydrogen) atoms. The molecule has 0 aliphatic carbocycles. The van der Waals surface area contributed by atoms with Gasteiger partial charge in [0.2, 0.25) is 0 Å². The highest BCUT2D eigenvalue weighted by molar-refractivity contribution is 5.57. The molecule has 1 unspecified atom stereocenters. The maximum Gasteiger partial charge on any atom is 0.434 e. The zero-order valence-corrected chi connectivity index (χ0v) is 11.3. The molecule has 0 radical (unpaired) electrons. The highest BCUT2D eigenvalue weighted by Gasteiger charge is 2.34. The number of hydrogen-bond acceptors (Lipinski definition) is 2. The number of nitrogens with zero attached hydrogens (tertiary/aromatic N) is 2. The molecule has 0 aliphatic heterocycles. The van der Waals surface area contributed by atoms with Crippen LogP contribution in [0, 0.1) is 0 Å². The van der Waals surface area contributed by atoms with E-state index in [4.69, 9.17) is 5.73 Å². The average molecular weight is 283 g/mol. The Morgan fingerprint density at radius 3 is 2.30 bits per heavy atom. The molecule has 1 atom stereocenters. The predicted molar refractivity (Wildman–Crippen MR) is 70.9 cm³/mol. The third kappa shape index (κ3) is 2.85. The van der Waals surface area contributed by atoms with E-state index in [1.807, 2.05) is 19.1 Å². The second-order valence-corrected chi connectivity index (χ2v) is 4.64. The molecule has 0 fully saturated rings. The summed E-state index contributed by atoms with van der Waals surface area (Å²) in [5.41, 5.74) is 6.46. The van der Waals surface area contributed by atoms with Gasteiger partial charge in [0.05, 0.1) is 0 Å². The van der Waals surface area contributed by atoms with Crippen molar-refractivity contribution in [3.05, 3.63) is 41.7 Å². The van der Waals surface area contributed by atoms with Gasteiger partial charge < -0.3 is 10.3 Å². The summed E-state index contributed by atoms with van der Waals surface area (Å²) in [6.45, 7) is 4.05. The minimum Gasteiger partial charge on any atom is -0.331 e. The van der Waals surface area contributed by atoms with Crippen LogP contribution in [0.2, 0.25) is 0 Å². The Bertz CT molecular complexity index is 583. The van der Waals surface area contributed by atoms with Crippen LogP contribution in [-0.2, 0) is 12.7 Å². The van der Waals surface area contributed by atoms with Crippen LogP contribution in [-0.4, -0.2) is 9.55 Å². The van der Waals surface area contributed by atoms with E-state index in [1.165, 1.54) is 4.57 Å². The van der Waals surface area contributed by atoms with E-state index >= 15 is 0 Å². The first-order valence-corrected chi connectivity index (χ1v) is 6.33. The third-order valence-electron chi connectivity index (χ3n) is 3.10. The summed E-state index contributed by atoms with van der Waals surface area (Å²) in [4.78, 5) is 3.70. The average Bonchev–Trinajstić information content (AvgIpc) is 2.82. The number of aryl methyl sites for hydroxylation is 1. The van der Waals surface area contributed by atoms with Gasteiger partial charge >= 0.3 is 6.18 Å². The van der Waals surface area contributed by atoms with Crippen LogP contribution in [0.4, 0.5) is 13.2 Å². The second kappa shape index (κ2) is 5.28. The van der Waals surface area contributed by atoms with Crippen LogP contribution in [0.3, 0.4) is 0 Å². The molecule has 6 heteroatoms. The number of halogens is 3. The molecular formula is C14H16F3N3. The van der Waals surface area contributed by atoms with Gasteiger partial charge in [-0.25, -0.2) is 4.98 Å². The Labute approximate surface area is 115 Å². The van der Waals surface area contributed by atoms with Crippen molar-refractivity contribution >= 4 is 0 Å². The van der Waals surface area contributed by atoms with Gasteiger partial charge in [-0.2, -0.15) is 13.2 Å². The number of hydrogen-bond donors (Lipinski definition) is 1. The number of nitrogens with two attached hydrogens (primary N) is 1. The maximum atomic E-state index is 12.7. The molecule has 2 aromatic rings. The van der Waals surface area contributed by atoms with E-state index in [0.29, 0.717) is 17.9 Å². The topological polar surface area (TPSA) is 43.8 Å². The molecule has 1 aromatic heterocycles. The van der Waals surface area contributed by atoms with Gasteiger partial charge in [-0.15, -0.1) is 0 Å². The van der Waals surface area contributed by atoms with Crippen molar-refractivity contribution < 1.29 is 13.2 Å². The summed E-state index contributed by atoms with van der Waals surface area (Å²) in [5, 5.41) is 0. The van der Waals surface area contributed by atoms with Crippen molar-refractivity contribution in [2.45, 2.75) is 32.6 Å². The van der Waals surface area contributed by atoms with Gasteiger partial charge in [0, 0.05) is 24.3 Å². The van der Waals surface area contributed by atoms with E-state index in [2.05, 4.69) is 4.98 Å². The van der Waals surface area contributed by atoms with E-state index in [0.717, 1.165) is 11.8 Å². The van der Waals surface area contributed by atoms with E-state index in [1.54, 1.807) is 19.1 Å². The van der Waals surface area contributed by atoms with E-state index in [-0.39, 0.29) is 6.04 Å². The van der Waals surface area contributed by atoms with Crippen LogP contribution in [0.5, 0.6) is 0 Å². The monoisotopic (exact) mass is 283 g/mol. The molecule has 0 bridgehead atoms. The normalized spacial score (nSPS) is 13.5. The van der Waals surface area contributed by atoms with Crippen molar-refractivity contribution in [1.82, 2.24) is 9.55 Å². The first-order chi connectivity index (χ1) is 9.32. The Kier molecular flexibility index (Phi) is 3.85. The molecule has 1 aromatic carbocycles. The van der Waals surface area contributed by atoms with Gasteiger partial charge in [-0.3, -0.25) is 0 Å². The maximum absolute atomic E-state index is 12.7. The van der Waals surface area contributed by atoms with Crippen LogP contribution in [0.25, 0.3) is 11.4 Å². The molecular weight excluding hydrogens is 267 g/mol. The number of imidazole rings is 1. The number of rotatable bonds is 3. The fraction of sp³-hybridized carbons (Fsp3) is 0.357. The number of alkyl halides is 3. The molecule has 1 heterocycles. The Morgan fingerprint density at radius 1 is 1.25 bits per heavy atom. The molecule has 108 valence electrons. The van der Waals surface area contributed by atoms with Crippen molar-refractivity contribution in [2.24, 2.45) is 5.73 Å². The molecule has 0 saturated carbocycles. The predicted octanol–water partition coefficient (Wildman–Crippen LogP) is 3.61. The Morgan fingerprint density at radius 2 is 1.85 bits per heavy atom. The molecule has 3 nitrogen and oxygen atoms in total. The minimum absolute atomic E-state index is 0.110. The molecule has 2 rings (SSSR count). The first kappa shape index (κ1) is 14.6. The third-order valence-corrected chi connectivity index (χ3v) is 3.10. The van der Waals surface area contributed by atoms with Crippen molar-refractivity contribution in [2.75, 3.05) is 0 Å². The Balaban J connectivity index is 2.43. The number of aromatic nitrogens is 2. The molecule has 0 aliphatic rings. The van der Waals surface area contributed by atoms with Crippen molar-refractivity contribution in [3.8, 4) is 11.4 Å². The molecule has 0 saturated heterocycles. The quantitative estimate of drug-likeness (QED) is 0.935. The highest BCUT2D eigenvalue weighted by atomic mass is 19.4. The van der Waals surface area contributed by atoms with Crippen LogP contribution in [0.1, 0.15) is 31.1 Å². The lowest BCUT2D eigenvalue weighted by Crippen LogP contribution is -2.05. The molecule has 0 spiro atoms. The van der Waals surface area contributed by atoms with E-state index < -0.39 is 11.9 Å². The summed E-state index contributed by atoms with van der Waals surface area (Å²) in [6.07, 6.45) is -3.39. The van der Waals surface area contributed by atoms with Gasteiger partial charge in [0.25, 0.3) is 0 Å². The van der Waals surface area contributed by atoms with Crippen LogP contribution in [0.15, 0.2) is 30.5 Å². The molecule has 2 N–H and O–H groups in total. The summed E-state index contributed by atoms with van der Waals surface area (Å²) in [5.74, 6) is 0.316. The first-order valence-electron chi connectivity index (χ1n) is 6.33. The lowest BCUT2D eigenvalue weighted by atomic mass is 10.1. The van der Waals surface area contributed by atoms with Gasteiger partial charge in [0.1, 0.15) is 5.82 Å². The van der Waals surface area contributed by atoms with Crippen molar-refractivity contribution in [3.63, 3.8) is 0 Å². The smallest absolute Gasteiger partial charge is 0.331 e. The van der Waals surface area contributed by atoms with Crippen LogP contribution >= 0.6 is 0 Å². The standard InChI is InChI=1S/C14H16F3N3/c1-3-20-8-12(14(15,16)17)19-13(20)11-6-4-10(5-7-11)9(2)18/h4-9H,3,18H2,1-2H3. The van der Waals surface area contributed by atoms with E-state index in [9.17, 15) is 13.2 Å². The second-order valence-electron chi connectivity index (χ2n) is 4.64. The van der Waals surface area contributed by atoms with Crippen molar-refractivity contribution in [1.29, 1.82) is 0 Å². The fourth-order valence-electron chi connectivity index (χ4n) is 1.96. The summed E-state index contributed by atoms with van der Waals surface area (Å²) >= 11 is 0. The minimum atomic E-state index is -4.43. The summed E-state index contributed by atoms with van der Waals surface area (Å²) in [6, 6.07) is 6.99. The lowest BCUT2D eigenvalue weighted by molar-refractivity contribution is -0.140. The largest absolute Gasteiger partial charge is 0.434 e. The Hall–Kier alpha value is -1.82. The van der Waals surface area contributed by atoms with Gasteiger partial charge in [0.15, 0.2) is 5.69 Å². The fourth-order valence-corrected chi connectivity index (χ4v) is 1.96. The zero-order valence-electron chi connectivity index (χ0n) is 11.3. The number of benzene rings is 1. The van der Waals surface area contributed by atoms with Crippen LogP contribution < -0.4 is 5.73 Å². The zero-order chi connectivity index (χ0) is 14.9. The van der Waals surface area contributed by atoms with Gasteiger partial charge in [-0.05, 0) is 19.4 Å². The summed E-state index contributed by atoms with van der Waals surface area (Å²) in [7, 11) is 0. The highest BCUT2D eigenvalue weighted by Crippen LogP contribution is 2.31. The SMILES string of the molecule is CCn1cc(C(F)(F)F)nc1-c1ccc(C(C)N)cc1. The lowest BCUT2D eigenvalue weighted by Gasteiger charge is -2.08. The van der Waals surface area contributed by atoms with Gasteiger partial charge in [-0.1, -0.05) is 24.3 Å². The summed E-state index contributed by atoms with van der Waals surface area (Å²) < 4.78 is 39.6.